The number of rotatable bonds is 13. The van der Waals surface area contributed by atoms with Gasteiger partial charge in [-0.2, -0.15) is 0 Å². The zero-order chi connectivity index (χ0) is 29.4. The summed E-state index contributed by atoms with van der Waals surface area (Å²) in [6.07, 6.45) is 1.33. The van der Waals surface area contributed by atoms with Gasteiger partial charge in [0, 0.05) is 23.5 Å². The number of fused-ring (bicyclic) bond motifs is 1. The number of carboxylic acid groups (broad SMARTS) is 1. The van der Waals surface area contributed by atoms with Gasteiger partial charge in [-0.05, 0) is 42.7 Å². The molecule has 1 aromatic heterocycles. The van der Waals surface area contributed by atoms with Crippen LogP contribution in [0.3, 0.4) is 0 Å². The molecule has 4 amide bonds. The van der Waals surface area contributed by atoms with E-state index in [2.05, 4.69) is 20.9 Å². The third-order valence-corrected chi connectivity index (χ3v) is 6.23. The van der Waals surface area contributed by atoms with Gasteiger partial charge in [0.1, 0.15) is 23.9 Å². The summed E-state index contributed by atoms with van der Waals surface area (Å²) < 4.78 is 0. The Labute approximate surface area is 229 Å². The van der Waals surface area contributed by atoms with E-state index in [1.807, 2.05) is 24.3 Å². The van der Waals surface area contributed by atoms with Crippen molar-refractivity contribution in [2.24, 2.45) is 11.5 Å². The number of aliphatic carboxylic acids is 1. The molecular weight excluding hydrogens is 520 g/mol. The molecule has 40 heavy (non-hydrogen) atoms. The van der Waals surface area contributed by atoms with E-state index >= 15 is 0 Å². The van der Waals surface area contributed by atoms with Crippen LogP contribution in [-0.4, -0.2) is 69.0 Å². The van der Waals surface area contributed by atoms with Gasteiger partial charge in [-0.25, -0.2) is 4.79 Å². The number of amides is 4. The van der Waals surface area contributed by atoms with Crippen LogP contribution >= 0.6 is 0 Å². The van der Waals surface area contributed by atoms with Crippen molar-refractivity contribution in [2.75, 3.05) is 0 Å². The lowest BCUT2D eigenvalue weighted by Crippen LogP contribution is -2.57. The number of nitrogens with two attached hydrogens (primary N) is 2. The Bertz CT molecular complexity index is 1390. The molecule has 0 aliphatic carbocycles. The van der Waals surface area contributed by atoms with E-state index in [1.54, 1.807) is 18.3 Å². The average molecular weight is 553 g/mol. The highest BCUT2D eigenvalue weighted by Crippen LogP contribution is 2.19. The van der Waals surface area contributed by atoms with E-state index in [0.29, 0.717) is 5.56 Å². The summed E-state index contributed by atoms with van der Waals surface area (Å²) in [6, 6.07) is 8.59. The van der Waals surface area contributed by atoms with Crippen molar-refractivity contribution in [3.05, 3.63) is 65.9 Å². The summed E-state index contributed by atoms with van der Waals surface area (Å²) in [5, 5.41) is 27.0. The van der Waals surface area contributed by atoms with Crippen molar-refractivity contribution in [3.63, 3.8) is 0 Å². The van der Waals surface area contributed by atoms with Crippen molar-refractivity contribution in [2.45, 2.75) is 50.4 Å². The number of H-pyrrole nitrogens is 1. The van der Waals surface area contributed by atoms with Crippen molar-refractivity contribution in [1.29, 1.82) is 0 Å². The lowest BCUT2D eigenvalue weighted by Gasteiger charge is -2.23. The van der Waals surface area contributed by atoms with Gasteiger partial charge in [-0.3, -0.25) is 19.2 Å². The molecule has 0 aliphatic heterocycles. The van der Waals surface area contributed by atoms with Crippen molar-refractivity contribution < 1.29 is 34.2 Å². The third-order valence-electron chi connectivity index (χ3n) is 6.23. The average Bonchev–Trinajstić information content (AvgIpc) is 3.31. The van der Waals surface area contributed by atoms with Gasteiger partial charge < -0.3 is 42.6 Å². The normalized spacial score (nSPS) is 13.9. The smallest absolute Gasteiger partial charge is 0.326 e. The molecule has 10 N–H and O–H groups in total. The van der Waals surface area contributed by atoms with Crippen molar-refractivity contribution >= 4 is 40.5 Å². The van der Waals surface area contributed by atoms with Crippen LogP contribution < -0.4 is 27.4 Å². The topological polar surface area (TPSA) is 230 Å². The first-order valence-electron chi connectivity index (χ1n) is 12.4. The van der Waals surface area contributed by atoms with Gasteiger partial charge in [0.05, 0.1) is 12.5 Å². The Morgan fingerprint density at radius 2 is 1.52 bits per heavy atom. The molecule has 0 saturated carbocycles. The van der Waals surface area contributed by atoms with Gasteiger partial charge in [-0.15, -0.1) is 0 Å². The molecule has 4 unspecified atom stereocenters. The summed E-state index contributed by atoms with van der Waals surface area (Å²) in [7, 11) is 0. The third kappa shape index (κ3) is 8.04. The number of carboxylic acids is 1. The zero-order valence-electron chi connectivity index (χ0n) is 21.7. The highest BCUT2D eigenvalue weighted by molar-refractivity contribution is 5.95. The van der Waals surface area contributed by atoms with Crippen LogP contribution in [0.1, 0.15) is 24.5 Å². The second-order valence-electron chi connectivity index (χ2n) is 9.40. The quantitative estimate of drug-likeness (QED) is 0.136. The maximum atomic E-state index is 13.2. The summed E-state index contributed by atoms with van der Waals surface area (Å²) in [4.78, 5) is 64.3. The maximum absolute atomic E-state index is 13.2. The molecule has 13 nitrogen and oxygen atoms in total. The van der Waals surface area contributed by atoms with Crippen LogP contribution in [0.25, 0.3) is 10.9 Å². The predicted molar refractivity (Wildman–Crippen MR) is 145 cm³/mol. The molecule has 0 aliphatic rings. The van der Waals surface area contributed by atoms with Crippen LogP contribution in [0.4, 0.5) is 0 Å². The first-order valence-corrected chi connectivity index (χ1v) is 12.4. The molecule has 13 heteroatoms. The molecule has 0 spiro atoms. The fraction of sp³-hybridized carbons (Fsp3) is 0.296. The molecule has 3 aromatic rings. The van der Waals surface area contributed by atoms with Crippen LogP contribution in [0.5, 0.6) is 5.75 Å². The highest BCUT2D eigenvalue weighted by Gasteiger charge is 2.29. The second kappa shape index (κ2) is 13.2. The van der Waals surface area contributed by atoms with Gasteiger partial charge in [0.2, 0.25) is 23.6 Å². The van der Waals surface area contributed by atoms with E-state index in [0.717, 1.165) is 16.5 Å². The highest BCUT2D eigenvalue weighted by atomic mass is 16.4. The minimum absolute atomic E-state index is 0.00538. The lowest BCUT2D eigenvalue weighted by atomic mass is 10.0. The SMILES string of the molecule is CC(NC(=O)C(Cc1ccc(O)cc1)NC(=O)C(N)Cc1c[nH]c2ccccc12)C(=O)NC(CC(N)=O)C(=O)O. The summed E-state index contributed by atoms with van der Waals surface area (Å²) in [5.74, 6) is -4.58. The summed E-state index contributed by atoms with van der Waals surface area (Å²) in [5.41, 5.74) is 13.5. The maximum Gasteiger partial charge on any atom is 0.326 e. The van der Waals surface area contributed by atoms with Crippen LogP contribution in [0.15, 0.2) is 54.7 Å². The number of hydrogen-bond donors (Lipinski definition) is 8. The Kier molecular flexibility index (Phi) is 9.81. The number of aromatic amines is 1. The molecule has 4 atom stereocenters. The summed E-state index contributed by atoms with van der Waals surface area (Å²) in [6.45, 7) is 1.32. The molecule has 0 fully saturated rings. The minimum atomic E-state index is -1.57. The van der Waals surface area contributed by atoms with E-state index in [1.165, 1.54) is 19.1 Å². The molecular formula is C27H32N6O7. The van der Waals surface area contributed by atoms with E-state index in [4.69, 9.17) is 11.5 Å². The Morgan fingerprint density at radius 1 is 0.875 bits per heavy atom. The van der Waals surface area contributed by atoms with Crippen LogP contribution in [0.2, 0.25) is 0 Å². The number of benzene rings is 2. The number of primary amides is 1. The monoisotopic (exact) mass is 552 g/mol. The number of aromatic hydroxyl groups is 1. The number of aromatic nitrogens is 1. The molecule has 212 valence electrons. The van der Waals surface area contributed by atoms with Gasteiger partial charge in [0.15, 0.2) is 0 Å². The fourth-order valence-corrected chi connectivity index (χ4v) is 4.06. The number of hydrogen-bond acceptors (Lipinski definition) is 7. The zero-order valence-corrected chi connectivity index (χ0v) is 21.7. The number of phenols is 1. The standard InChI is InChI=1S/C27H32N6O7/c1-14(24(36)33-22(27(39)40)12-23(29)35)31-26(38)21(10-15-6-8-17(34)9-7-15)32-25(37)19(28)11-16-13-30-20-5-3-2-4-18(16)20/h2-9,13-14,19,21-22,30,34H,10-12,28H2,1H3,(H2,29,35)(H,31,38)(H,32,37)(H,33,36)(H,39,40). The van der Waals surface area contributed by atoms with E-state index < -0.39 is 60.2 Å². The van der Waals surface area contributed by atoms with Gasteiger partial charge in [-0.1, -0.05) is 30.3 Å². The number of para-hydroxylation sites is 1. The van der Waals surface area contributed by atoms with Crippen molar-refractivity contribution in [3.8, 4) is 5.75 Å². The Balaban J connectivity index is 1.71. The second-order valence-corrected chi connectivity index (χ2v) is 9.40. The van der Waals surface area contributed by atoms with E-state index in [9.17, 15) is 34.2 Å². The molecule has 0 bridgehead atoms. The van der Waals surface area contributed by atoms with Crippen LogP contribution in [-0.2, 0) is 36.8 Å². The molecule has 2 aromatic carbocycles. The first kappa shape index (κ1) is 29.6. The number of carbonyl (C=O) groups excluding carboxylic acids is 4. The largest absolute Gasteiger partial charge is 0.508 e. The van der Waals surface area contributed by atoms with Gasteiger partial charge >= 0.3 is 5.97 Å². The number of phenolic OH excluding ortho intramolecular Hbond substituents is 1. The molecule has 1 heterocycles. The molecule has 0 radical (unpaired) electrons. The molecule has 0 saturated heterocycles. The number of nitrogens with one attached hydrogen (secondary N) is 4. The first-order chi connectivity index (χ1) is 18.9. The predicted octanol–water partition coefficient (Wildman–Crippen LogP) is -0.580. The Morgan fingerprint density at radius 3 is 2.17 bits per heavy atom. The van der Waals surface area contributed by atoms with E-state index in [-0.39, 0.29) is 18.6 Å². The lowest BCUT2D eigenvalue weighted by molar-refractivity contribution is -0.143. The summed E-state index contributed by atoms with van der Waals surface area (Å²) >= 11 is 0. The molecule has 3 rings (SSSR count). The Hall–Kier alpha value is -4.91. The fourth-order valence-electron chi connectivity index (χ4n) is 4.06. The van der Waals surface area contributed by atoms with Crippen LogP contribution in [0, 0.1) is 0 Å². The minimum Gasteiger partial charge on any atom is -0.508 e. The number of carbonyl (C=O) groups is 5. The van der Waals surface area contributed by atoms with Crippen molar-refractivity contribution in [1.82, 2.24) is 20.9 Å². The van der Waals surface area contributed by atoms with Gasteiger partial charge in [0.25, 0.3) is 0 Å².